The Balaban J connectivity index is 0. The van der Waals surface area contributed by atoms with E-state index in [2.05, 4.69) is 19.1 Å². The minimum absolute atomic E-state index is 0. The van der Waals surface area contributed by atoms with Crippen LogP contribution >= 0.6 is 0 Å². The third kappa shape index (κ3) is 17.7. The molecule has 87 valence electrons. The summed E-state index contributed by atoms with van der Waals surface area (Å²) in [5.74, 6) is 0. The molecule has 0 saturated heterocycles. The fourth-order valence-electron chi connectivity index (χ4n) is 1.60. The molecule has 0 atom stereocenters. The minimum atomic E-state index is 0. The number of aliphatic hydroxyl groups is 1. The van der Waals surface area contributed by atoms with Crippen LogP contribution in [0.3, 0.4) is 0 Å². The van der Waals surface area contributed by atoms with Crippen LogP contribution in [0.2, 0.25) is 0 Å². The van der Waals surface area contributed by atoms with Crippen molar-refractivity contribution in [3.05, 3.63) is 12.2 Å². The normalized spacial score (nSPS) is 10.5. The maximum atomic E-state index is 8.58. The summed E-state index contributed by atoms with van der Waals surface area (Å²) in [6.07, 6.45) is 16.0. The van der Waals surface area contributed by atoms with Crippen LogP contribution in [-0.4, -0.2) is 11.7 Å². The molecule has 0 amide bonds. The average molecular weight is 425 g/mol. The fourth-order valence-corrected chi connectivity index (χ4v) is 1.60. The van der Waals surface area contributed by atoms with E-state index in [1.165, 1.54) is 51.4 Å². The van der Waals surface area contributed by atoms with Gasteiger partial charge >= 0.3 is 0 Å². The van der Waals surface area contributed by atoms with Crippen LogP contribution in [0.25, 0.3) is 0 Å². The zero-order chi connectivity index (χ0) is 10.5. The quantitative estimate of drug-likeness (QED) is 0.414. The molecule has 0 spiro atoms. The van der Waals surface area contributed by atoms with E-state index in [-0.39, 0.29) is 44.1 Å². The van der Waals surface area contributed by atoms with Crippen LogP contribution in [0.4, 0.5) is 0 Å². The molecular formula is C13H26AcO. The molecule has 0 aliphatic rings. The maximum Gasteiger partial charge on any atom is 0.0431 e. The summed E-state index contributed by atoms with van der Waals surface area (Å²) in [7, 11) is 0. The number of hydrogen-bond acceptors (Lipinski definition) is 1. The van der Waals surface area contributed by atoms with E-state index < -0.39 is 0 Å². The first-order valence-corrected chi connectivity index (χ1v) is 6.14. The topological polar surface area (TPSA) is 20.2 Å². The Labute approximate surface area is 131 Å². The standard InChI is InChI=1S/C13H26O.Ac/c1-2-3-4-5-6-7-8-9-10-11-12-13-14;/h2-3,14H,4-13H2,1H3;/b3-2-;. The van der Waals surface area contributed by atoms with E-state index in [4.69, 9.17) is 5.11 Å². The van der Waals surface area contributed by atoms with Crippen molar-refractivity contribution in [1.82, 2.24) is 0 Å². The van der Waals surface area contributed by atoms with E-state index in [0.29, 0.717) is 6.61 Å². The summed E-state index contributed by atoms with van der Waals surface area (Å²) in [6.45, 7) is 2.45. The van der Waals surface area contributed by atoms with E-state index in [1.807, 2.05) is 0 Å². The molecule has 2 heteroatoms. The van der Waals surface area contributed by atoms with Gasteiger partial charge in [0.25, 0.3) is 0 Å². The van der Waals surface area contributed by atoms with E-state index >= 15 is 0 Å². The molecule has 15 heavy (non-hydrogen) atoms. The minimum Gasteiger partial charge on any atom is -0.396 e. The molecular weight excluding hydrogens is 399 g/mol. The first-order chi connectivity index (χ1) is 6.91. The summed E-state index contributed by atoms with van der Waals surface area (Å²) in [5, 5.41) is 8.58. The molecule has 0 aliphatic carbocycles. The van der Waals surface area contributed by atoms with E-state index in [0.717, 1.165) is 6.42 Å². The van der Waals surface area contributed by atoms with Gasteiger partial charge in [0.1, 0.15) is 0 Å². The van der Waals surface area contributed by atoms with Gasteiger partial charge in [0.05, 0.1) is 0 Å². The Bertz CT molecular complexity index is 124. The number of allylic oxidation sites excluding steroid dienone is 2. The number of aliphatic hydroxyl groups excluding tert-OH is 1. The molecule has 1 radical (unpaired) electrons. The Kier molecular flexibility index (Phi) is 21.6. The summed E-state index contributed by atoms with van der Waals surface area (Å²) in [6, 6.07) is 0. The third-order valence-electron chi connectivity index (χ3n) is 2.51. The van der Waals surface area contributed by atoms with Crippen molar-refractivity contribution >= 4 is 0 Å². The Morgan fingerprint density at radius 2 is 1.27 bits per heavy atom. The second-order valence-electron chi connectivity index (χ2n) is 3.91. The number of unbranched alkanes of at least 4 members (excludes halogenated alkanes) is 8. The van der Waals surface area contributed by atoms with E-state index in [9.17, 15) is 0 Å². The van der Waals surface area contributed by atoms with Crippen LogP contribution in [0, 0.1) is 44.1 Å². The van der Waals surface area contributed by atoms with Gasteiger partial charge in [-0.15, -0.1) is 0 Å². The third-order valence-corrected chi connectivity index (χ3v) is 2.51. The molecule has 0 heterocycles. The maximum absolute atomic E-state index is 8.58. The molecule has 0 aromatic carbocycles. The predicted octanol–water partition coefficient (Wildman–Crippen LogP) is 4.07. The molecule has 0 aromatic heterocycles. The molecule has 1 nitrogen and oxygen atoms in total. The summed E-state index contributed by atoms with van der Waals surface area (Å²) in [5.41, 5.74) is 0. The summed E-state index contributed by atoms with van der Waals surface area (Å²) < 4.78 is 0. The van der Waals surface area contributed by atoms with Crippen LogP contribution in [-0.2, 0) is 0 Å². The first-order valence-electron chi connectivity index (χ1n) is 6.14. The van der Waals surface area contributed by atoms with Gasteiger partial charge in [0, 0.05) is 50.7 Å². The molecule has 0 fully saturated rings. The van der Waals surface area contributed by atoms with Gasteiger partial charge in [-0.2, -0.15) is 0 Å². The summed E-state index contributed by atoms with van der Waals surface area (Å²) in [4.78, 5) is 0. The second-order valence-corrected chi connectivity index (χ2v) is 3.91. The van der Waals surface area contributed by atoms with Gasteiger partial charge in [-0.05, 0) is 26.2 Å². The van der Waals surface area contributed by atoms with Crippen molar-refractivity contribution in [2.24, 2.45) is 0 Å². The van der Waals surface area contributed by atoms with Crippen LogP contribution in [0.1, 0.15) is 64.7 Å². The van der Waals surface area contributed by atoms with Gasteiger partial charge in [0.2, 0.25) is 0 Å². The Hall–Kier alpha value is 1.14. The van der Waals surface area contributed by atoms with Gasteiger partial charge in [-0.3, -0.25) is 0 Å². The molecule has 1 N–H and O–H groups in total. The largest absolute Gasteiger partial charge is 0.396 e. The molecule has 0 aromatic rings. The van der Waals surface area contributed by atoms with Crippen LogP contribution in [0.15, 0.2) is 12.2 Å². The number of hydrogen-bond donors (Lipinski definition) is 1. The zero-order valence-electron chi connectivity index (χ0n) is 10.3. The van der Waals surface area contributed by atoms with Crippen molar-refractivity contribution in [2.45, 2.75) is 64.7 Å². The van der Waals surface area contributed by atoms with Crippen molar-refractivity contribution in [3.63, 3.8) is 0 Å². The fraction of sp³-hybridized carbons (Fsp3) is 0.846. The van der Waals surface area contributed by atoms with Gasteiger partial charge in [0.15, 0.2) is 0 Å². The van der Waals surface area contributed by atoms with Gasteiger partial charge in [-0.25, -0.2) is 0 Å². The molecule has 0 bridgehead atoms. The van der Waals surface area contributed by atoms with E-state index in [1.54, 1.807) is 0 Å². The Morgan fingerprint density at radius 3 is 1.73 bits per heavy atom. The SMILES string of the molecule is C/C=C\CCCCCCCCCCO.[Ac]. The van der Waals surface area contributed by atoms with Crippen molar-refractivity contribution in [3.8, 4) is 0 Å². The zero-order valence-corrected chi connectivity index (χ0v) is 15.0. The molecule has 0 unspecified atom stereocenters. The first kappa shape index (κ1) is 18.5. The second kappa shape index (κ2) is 17.5. The monoisotopic (exact) mass is 425 g/mol. The number of rotatable bonds is 10. The molecule has 0 rings (SSSR count). The molecule has 0 saturated carbocycles. The van der Waals surface area contributed by atoms with Crippen LogP contribution < -0.4 is 0 Å². The van der Waals surface area contributed by atoms with Gasteiger partial charge < -0.3 is 5.11 Å². The van der Waals surface area contributed by atoms with Crippen molar-refractivity contribution < 1.29 is 49.2 Å². The predicted molar refractivity (Wildman–Crippen MR) is 63.5 cm³/mol. The molecule has 0 aliphatic heterocycles. The average Bonchev–Trinajstić information content (AvgIpc) is 2.21. The Morgan fingerprint density at radius 1 is 0.800 bits per heavy atom. The van der Waals surface area contributed by atoms with Crippen molar-refractivity contribution in [1.29, 1.82) is 0 Å². The van der Waals surface area contributed by atoms with Crippen molar-refractivity contribution in [2.75, 3.05) is 6.61 Å². The van der Waals surface area contributed by atoms with Gasteiger partial charge in [-0.1, -0.05) is 50.7 Å². The summed E-state index contributed by atoms with van der Waals surface area (Å²) >= 11 is 0. The smallest absolute Gasteiger partial charge is 0.0431 e. The van der Waals surface area contributed by atoms with Crippen LogP contribution in [0.5, 0.6) is 0 Å².